The normalized spacial score (nSPS) is 21.2. The molecule has 0 bridgehead atoms. The maximum absolute atomic E-state index is 6.65. The minimum Gasteiger partial charge on any atom is -0.457 e. The molecule has 0 saturated heterocycles. The second-order valence-corrected chi connectivity index (χ2v) is 15.4. The summed E-state index contributed by atoms with van der Waals surface area (Å²) in [5.74, 6) is 3.49. The molecule has 0 saturated carbocycles. The Bertz CT molecular complexity index is 2790. The standard InChI is InChI=1S/C52H39N3O/c1-51-40-24-11-12-25-41(40)52(42-26-13-15-29-45(42)56-46-30-16-14-27-43(46)52)47(51)31-17-28-44(51)48-53-49(35-20-7-4-8-21-35)55(2)50(54-48)39-33-32-36(34-18-5-3-6-19-34)37-22-9-10-23-38(37)39/h3-33,47,49H,1-2H3. The van der Waals surface area contributed by atoms with Crippen molar-refractivity contribution in [2.75, 3.05) is 7.05 Å². The van der Waals surface area contributed by atoms with Gasteiger partial charge in [-0.15, -0.1) is 0 Å². The number of amidine groups is 2. The van der Waals surface area contributed by atoms with Gasteiger partial charge < -0.3 is 9.64 Å². The van der Waals surface area contributed by atoms with E-state index in [1.165, 1.54) is 38.8 Å². The SMILES string of the molecule is CN1C(c2ccc(-c3ccccc3)c3ccccc23)=NC(C2=CC=CC3C2(C)c2ccccc2C32c3ccccc3Oc3ccccc32)=NC1c1ccccc1. The van der Waals surface area contributed by atoms with Gasteiger partial charge in [-0.05, 0) is 50.7 Å². The summed E-state index contributed by atoms with van der Waals surface area (Å²) in [6, 6.07) is 60.7. The van der Waals surface area contributed by atoms with E-state index in [2.05, 4.69) is 207 Å². The molecular weight excluding hydrogens is 683 g/mol. The zero-order chi connectivity index (χ0) is 37.4. The summed E-state index contributed by atoms with van der Waals surface area (Å²) in [5.41, 5.74) is 9.72. The molecule has 11 rings (SSSR count). The monoisotopic (exact) mass is 721 g/mol. The Hall–Kier alpha value is -6.78. The van der Waals surface area contributed by atoms with Crippen LogP contribution in [0.2, 0.25) is 0 Å². The molecule has 2 heterocycles. The second kappa shape index (κ2) is 12.4. The van der Waals surface area contributed by atoms with Crippen molar-refractivity contribution in [2.45, 2.75) is 23.9 Å². The first-order chi connectivity index (χ1) is 27.6. The summed E-state index contributed by atoms with van der Waals surface area (Å²) >= 11 is 0. The molecule has 7 aromatic rings. The lowest BCUT2D eigenvalue weighted by Crippen LogP contribution is -2.45. The van der Waals surface area contributed by atoms with Crippen molar-refractivity contribution in [1.82, 2.24) is 4.90 Å². The Morgan fingerprint density at radius 3 is 1.82 bits per heavy atom. The van der Waals surface area contributed by atoms with E-state index in [0.29, 0.717) is 0 Å². The third-order valence-corrected chi connectivity index (χ3v) is 12.7. The van der Waals surface area contributed by atoms with Crippen LogP contribution >= 0.6 is 0 Å². The maximum atomic E-state index is 6.65. The quantitative estimate of drug-likeness (QED) is 0.181. The van der Waals surface area contributed by atoms with Gasteiger partial charge in [0.25, 0.3) is 0 Å². The molecule has 3 atom stereocenters. The highest BCUT2D eigenvalue weighted by Crippen LogP contribution is 2.67. The first-order valence-corrected chi connectivity index (χ1v) is 19.5. The van der Waals surface area contributed by atoms with Crippen molar-refractivity contribution in [1.29, 1.82) is 0 Å². The van der Waals surface area contributed by atoms with Gasteiger partial charge in [0.15, 0.2) is 5.84 Å². The molecule has 0 amide bonds. The highest BCUT2D eigenvalue weighted by Gasteiger charge is 2.63. The fraction of sp³-hybridized carbons (Fsp3) is 0.115. The van der Waals surface area contributed by atoms with Crippen molar-refractivity contribution >= 4 is 22.4 Å². The molecule has 4 heteroatoms. The summed E-state index contributed by atoms with van der Waals surface area (Å²) in [5, 5.41) is 2.36. The summed E-state index contributed by atoms with van der Waals surface area (Å²) in [6.07, 6.45) is 6.66. The van der Waals surface area contributed by atoms with Gasteiger partial charge >= 0.3 is 0 Å². The molecule has 268 valence electrons. The van der Waals surface area contributed by atoms with Gasteiger partial charge in [0, 0.05) is 40.6 Å². The average Bonchev–Trinajstić information content (AvgIpc) is 3.49. The fourth-order valence-corrected chi connectivity index (χ4v) is 10.3. The molecule has 0 aromatic heterocycles. The number of allylic oxidation sites excluding steroid dienone is 3. The maximum Gasteiger partial charge on any atom is 0.156 e. The Morgan fingerprint density at radius 2 is 1.12 bits per heavy atom. The minimum absolute atomic E-state index is 0.0146. The highest BCUT2D eigenvalue weighted by molar-refractivity contribution is 6.19. The van der Waals surface area contributed by atoms with Crippen LogP contribution < -0.4 is 4.74 Å². The van der Waals surface area contributed by atoms with Crippen LogP contribution in [-0.2, 0) is 10.8 Å². The van der Waals surface area contributed by atoms with Crippen LogP contribution in [0.1, 0.15) is 46.5 Å². The zero-order valence-corrected chi connectivity index (χ0v) is 31.3. The molecule has 7 aromatic carbocycles. The largest absolute Gasteiger partial charge is 0.457 e. The van der Waals surface area contributed by atoms with Crippen LogP contribution in [0.4, 0.5) is 0 Å². The van der Waals surface area contributed by atoms with Gasteiger partial charge in [-0.3, -0.25) is 0 Å². The number of benzene rings is 7. The highest BCUT2D eigenvalue weighted by atomic mass is 16.5. The zero-order valence-electron chi connectivity index (χ0n) is 31.3. The topological polar surface area (TPSA) is 37.2 Å². The van der Waals surface area contributed by atoms with E-state index in [1.807, 2.05) is 0 Å². The van der Waals surface area contributed by atoms with E-state index in [0.717, 1.165) is 45.3 Å². The van der Waals surface area contributed by atoms with E-state index in [-0.39, 0.29) is 12.1 Å². The Labute approximate surface area is 327 Å². The number of fused-ring (bicyclic) bond motifs is 10. The molecule has 56 heavy (non-hydrogen) atoms. The molecule has 4 nitrogen and oxygen atoms in total. The Morgan fingerprint density at radius 1 is 0.571 bits per heavy atom. The minimum atomic E-state index is -0.492. The van der Waals surface area contributed by atoms with Gasteiger partial charge in [0.2, 0.25) is 0 Å². The lowest BCUT2D eigenvalue weighted by molar-refractivity contribution is 0.323. The third-order valence-electron chi connectivity index (χ3n) is 12.7. The fourth-order valence-electron chi connectivity index (χ4n) is 10.3. The van der Waals surface area contributed by atoms with Crippen molar-refractivity contribution < 1.29 is 4.74 Å². The van der Waals surface area contributed by atoms with Gasteiger partial charge in [0.1, 0.15) is 23.5 Å². The molecule has 2 aliphatic heterocycles. The van der Waals surface area contributed by atoms with E-state index >= 15 is 0 Å². The van der Waals surface area contributed by atoms with Crippen molar-refractivity contribution in [2.24, 2.45) is 15.9 Å². The van der Waals surface area contributed by atoms with Crippen molar-refractivity contribution in [3.8, 4) is 22.6 Å². The van der Waals surface area contributed by atoms with Crippen LogP contribution in [0.15, 0.2) is 204 Å². The Kier molecular flexibility index (Phi) is 7.21. The molecule has 4 aliphatic rings. The lowest BCUT2D eigenvalue weighted by Gasteiger charge is -2.46. The first kappa shape index (κ1) is 32.6. The average molecular weight is 722 g/mol. The number of aliphatic imine (C=N–C) groups is 2. The molecule has 0 N–H and O–H groups in total. The number of hydrogen-bond acceptors (Lipinski definition) is 4. The molecule has 3 unspecified atom stereocenters. The van der Waals surface area contributed by atoms with Crippen molar-refractivity contribution in [3.05, 3.63) is 227 Å². The number of nitrogens with zero attached hydrogens (tertiary/aromatic N) is 3. The van der Waals surface area contributed by atoms with E-state index in [4.69, 9.17) is 14.7 Å². The molecular formula is C52H39N3O. The van der Waals surface area contributed by atoms with Crippen LogP contribution in [0, 0.1) is 5.92 Å². The predicted octanol–water partition coefficient (Wildman–Crippen LogP) is 11.8. The van der Waals surface area contributed by atoms with Crippen LogP contribution in [-0.4, -0.2) is 23.6 Å². The van der Waals surface area contributed by atoms with E-state index in [9.17, 15) is 0 Å². The predicted molar refractivity (Wildman–Crippen MR) is 228 cm³/mol. The summed E-state index contributed by atoms with van der Waals surface area (Å²) < 4.78 is 6.65. The third kappa shape index (κ3) is 4.47. The number of ether oxygens (including phenoxy) is 1. The molecule has 2 aliphatic carbocycles. The van der Waals surface area contributed by atoms with Gasteiger partial charge in [0.05, 0.1) is 5.41 Å². The number of rotatable bonds is 4. The van der Waals surface area contributed by atoms with Gasteiger partial charge in [-0.2, -0.15) is 0 Å². The summed E-state index contributed by atoms with van der Waals surface area (Å²) in [6.45, 7) is 2.42. The van der Waals surface area contributed by atoms with Crippen LogP contribution in [0.3, 0.4) is 0 Å². The molecule has 1 spiro atoms. The Balaban J connectivity index is 1.14. The van der Waals surface area contributed by atoms with Crippen LogP contribution in [0.5, 0.6) is 11.5 Å². The molecule has 0 radical (unpaired) electrons. The van der Waals surface area contributed by atoms with E-state index in [1.54, 1.807) is 0 Å². The second-order valence-electron chi connectivity index (χ2n) is 15.4. The first-order valence-electron chi connectivity index (χ1n) is 19.5. The van der Waals surface area contributed by atoms with Crippen LogP contribution in [0.25, 0.3) is 21.9 Å². The van der Waals surface area contributed by atoms with Gasteiger partial charge in [-0.1, -0.05) is 183 Å². The smallest absolute Gasteiger partial charge is 0.156 e. The molecule has 0 fully saturated rings. The summed E-state index contributed by atoms with van der Waals surface area (Å²) in [4.78, 5) is 13.5. The number of hydrogen-bond donors (Lipinski definition) is 0. The lowest BCUT2D eigenvalue weighted by atomic mass is 9.57. The van der Waals surface area contributed by atoms with E-state index < -0.39 is 10.8 Å². The number of para-hydroxylation sites is 2. The van der Waals surface area contributed by atoms with Crippen molar-refractivity contribution in [3.63, 3.8) is 0 Å². The van der Waals surface area contributed by atoms with Gasteiger partial charge in [-0.25, -0.2) is 9.98 Å². The summed E-state index contributed by atoms with van der Waals surface area (Å²) in [7, 11) is 2.13.